The molecule has 0 spiro atoms. The van der Waals surface area contributed by atoms with Gasteiger partial charge in [-0.2, -0.15) is 0 Å². The predicted octanol–water partition coefficient (Wildman–Crippen LogP) is 4.27. The third-order valence-corrected chi connectivity index (χ3v) is 5.40. The van der Waals surface area contributed by atoms with Crippen LogP contribution in [0.5, 0.6) is 0 Å². The van der Waals surface area contributed by atoms with Crippen molar-refractivity contribution in [3.05, 3.63) is 33.8 Å². The van der Waals surface area contributed by atoms with Gasteiger partial charge in [-0.05, 0) is 69.8 Å². The second-order valence-electron chi connectivity index (χ2n) is 6.28. The topological polar surface area (TPSA) is 29.3 Å². The van der Waals surface area contributed by atoms with Crippen molar-refractivity contribution in [3.8, 4) is 0 Å². The number of likely N-dealkylation sites (tertiary alicyclic amines) is 1. The van der Waals surface area contributed by atoms with Crippen molar-refractivity contribution in [1.29, 1.82) is 0 Å². The minimum atomic E-state index is 0.458. The van der Waals surface area contributed by atoms with Crippen LogP contribution in [0.4, 0.5) is 0 Å². The van der Waals surface area contributed by atoms with Gasteiger partial charge in [-0.1, -0.05) is 34.5 Å². The van der Waals surface area contributed by atoms with Gasteiger partial charge in [-0.25, -0.2) is 0 Å². The summed E-state index contributed by atoms with van der Waals surface area (Å²) >= 11 is 3.68. The van der Waals surface area contributed by atoms with Crippen molar-refractivity contribution < 1.29 is 0 Å². The van der Waals surface area contributed by atoms with Crippen molar-refractivity contribution >= 4 is 15.9 Å². The number of benzene rings is 1. The van der Waals surface area contributed by atoms with Crippen LogP contribution >= 0.6 is 15.9 Å². The molecule has 1 fully saturated rings. The average Bonchev–Trinajstić information content (AvgIpc) is 2.64. The fourth-order valence-corrected chi connectivity index (χ4v) is 3.75. The molecule has 2 N–H and O–H groups in total. The second-order valence-corrected chi connectivity index (χ2v) is 7.13. The Bertz CT molecular complexity index is 445. The van der Waals surface area contributed by atoms with Gasteiger partial charge in [0, 0.05) is 16.6 Å². The summed E-state index contributed by atoms with van der Waals surface area (Å²) in [4.78, 5) is 2.64. The smallest absolute Gasteiger partial charge is 0.0391 e. The molecule has 0 radical (unpaired) electrons. The van der Waals surface area contributed by atoms with Gasteiger partial charge in [0.05, 0.1) is 0 Å². The van der Waals surface area contributed by atoms with Crippen molar-refractivity contribution in [2.45, 2.75) is 52.1 Å². The Morgan fingerprint density at radius 2 is 2.10 bits per heavy atom. The summed E-state index contributed by atoms with van der Waals surface area (Å²) in [5.74, 6) is 0.564. The average molecular weight is 339 g/mol. The number of nitrogens with two attached hydrogens (primary N) is 1. The molecule has 0 amide bonds. The van der Waals surface area contributed by atoms with Crippen LogP contribution in [-0.4, -0.2) is 24.0 Å². The Hall–Kier alpha value is -0.380. The molecular formula is C17H27BrN2. The van der Waals surface area contributed by atoms with Gasteiger partial charge in [0.2, 0.25) is 0 Å². The first kappa shape index (κ1) is 16.0. The Balaban J connectivity index is 2.40. The van der Waals surface area contributed by atoms with Crippen LogP contribution in [0.1, 0.15) is 50.3 Å². The summed E-state index contributed by atoms with van der Waals surface area (Å²) in [6.45, 7) is 8.70. The SMILES string of the molecule is Cc1ccc(C2C(CN)CCCCN2C(C)C)cc1Br. The zero-order valence-electron chi connectivity index (χ0n) is 12.9. The van der Waals surface area contributed by atoms with E-state index in [0.717, 1.165) is 6.54 Å². The van der Waals surface area contributed by atoms with Gasteiger partial charge in [0.25, 0.3) is 0 Å². The predicted molar refractivity (Wildman–Crippen MR) is 89.9 cm³/mol. The molecule has 20 heavy (non-hydrogen) atoms. The monoisotopic (exact) mass is 338 g/mol. The zero-order chi connectivity index (χ0) is 14.7. The van der Waals surface area contributed by atoms with Crippen LogP contribution in [0, 0.1) is 12.8 Å². The minimum Gasteiger partial charge on any atom is -0.330 e. The molecule has 2 unspecified atom stereocenters. The summed E-state index contributed by atoms with van der Waals surface area (Å²) in [6.07, 6.45) is 3.84. The van der Waals surface area contributed by atoms with E-state index in [1.54, 1.807) is 0 Å². The molecule has 0 aromatic heterocycles. The number of hydrogen-bond donors (Lipinski definition) is 1. The van der Waals surface area contributed by atoms with E-state index in [2.05, 4.69) is 59.8 Å². The van der Waals surface area contributed by atoms with Crippen molar-refractivity contribution in [3.63, 3.8) is 0 Å². The van der Waals surface area contributed by atoms with Crippen molar-refractivity contribution in [2.24, 2.45) is 11.7 Å². The Kier molecular flexibility index (Phi) is 5.65. The van der Waals surface area contributed by atoms with Crippen LogP contribution < -0.4 is 5.73 Å². The van der Waals surface area contributed by atoms with Crippen molar-refractivity contribution in [2.75, 3.05) is 13.1 Å². The minimum absolute atomic E-state index is 0.458. The van der Waals surface area contributed by atoms with Gasteiger partial charge < -0.3 is 5.73 Å². The number of rotatable bonds is 3. The summed E-state index contributed by atoms with van der Waals surface area (Å²) in [5.41, 5.74) is 8.80. The molecule has 112 valence electrons. The maximum absolute atomic E-state index is 6.09. The standard InChI is InChI=1S/C17H27BrN2/c1-12(2)20-9-5-4-6-15(11-19)17(20)14-8-7-13(3)16(18)10-14/h7-8,10,12,15,17H,4-6,9,11,19H2,1-3H3. The summed E-state index contributed by atoms with van der Waals surface area (Å²) in [7, 11) is 0. The fraction of sp³-hybridized carbons (Fsp3) is 0.647. The molecule has 1 saturated heterocycles. The lowest BCUT2D eigenvalue weighted by molar-refractivity contribution is 0.121. The van der Waals surface area contributed by atoms with Gasteiger partial charge >= 0.3 is 0 Å². The molecule has 1 aromatic rings. The van der Waals surface area contributed by atoms with E-state index in [4.69, 9.17) is 5.73 Å². The first-order valence-corrected chi connectivity index (χ1v) is 8.55. The Morgan fingerprint density at radius 3 is 2.70 bits per heavy atom. The number of nitrogens with zero attached hydrogens (tertiary/aromatic N) is 1. The highest BCUT2D eigenvalue weighted by Crippen LogP contribution is 2.37. The highest BCUT2D eigenvalue weighted by Gasteiger charge is 2.31. The van der Waals surface area contributed by atoms with Crippen LogP contribution in [-0.2, 0) is 0 Å². The molecule has 1 aromatic carbocycles. The molecule has 0 aliphatic carbocycles. The molecule has 0 saturated carbocycles. The molecular weight excluding hydrogens is 312 g/mol. The maximum Gasteiger partial charge on any atom is 0.0391 e. The van der Waals surface area contributed by atoms with E-state index < -0.39 is 0 Å². The van der Waals surface area contributed by atoms with E-state index in [9.17, 15) is 0 Å². The first-order valence-electron chi connectivity index (χ1n) is 7.76. The highest BCUT2D eigenvalue weighted by molar-refractivity contribution is 9.10. The third kappa shape index (κ3) is 3.44. The molecule has 2 nitrogen and oxygen atoms in total. The van der Waals surface area contributed by atoms with E-state index in [1.165, 1.54) is 41.4 Å². The lowest BCUT2D eigenvalue weighted by atomic mass is 9.88. The van der Waals surface area contributed by atoms with Gasteiger partial charge in [-0.3, -0.25) is 4.90 Å². The van der Waals surface area contributed by atoms with E-state index in [-0.39, 0.29) is 0 Å². The summed E-state index contributed by atoms with van der Waals surface area (Å²) in [6, 6.07) is 7.82. The van der Waals surface area contributed by atoms with Gasteiger partial charge in [-0.15, -0.1) is 0 Å². The molecule has 1 aliphatic rings. The molecule has 1 aliphatic heterocycles. The maximum atomic E-state index is 6.09. The lowest BCUT2D eigenvalue weighted by Crippen LogP contribution is -2.39. The molecule has 3 heteroatoms. The van der Waals surface area contributed by atoms with Gasteiger partial charge in [0.1, 0.15) is 0 Å². The van der Waals surface area contributed by atoms with E-state index in [0.29, 0.717) is 18.0 Å². The fourth-order valence-electron chi connectivity index (χ4n) is 3.35. The van der Waals surface area contributed by atoms with Crippen LogP contribution in [0.2, 0.25) is 0 Å². The first-order chi connectivity index (χ1) is 9.54. The Morgan fingerprint density at radius 1 is 1.35 bits per heavy atom. The van der Waals surface area contributed by atoms with E-state index >= 15 is 0 Å². The highest BCUT2D eigenvalue weighted by atomic mass is 79.9. The molecule has 1 heterocycles. The largest absolute Gasteiger partial charge is 0.330 e. The van der Waals surface area contributed by atoms with Crippen LogP contribution in [0.25, 0.3) is 0 Å². The number of hydrogen-bond acceptors (Lipinski definition) is 2. The Labute approximate surface area is 131 Å². The molecule has 0 bridgehead atoms. The number of aryl methyl sites for hydroxylation is 1. The molecule has 2 rings (SSSR count). The quantitative estimate of drug-likeness (QED) is 0.891. The molecule has 2 atom stereocenters. The third-order valence-electron chi connectivity index (χ3n) is 4.55. The van der Waals surface area contributed by atoms with Gasteiger partial charge in [0.15, 0.2) is 0 Å². The lowest BCUT2D eigenvalue weighted by Gasteiger charge is -2.38. The zero-order valence-corrected chi connectivity index (χ0v) is 14.5. The second kappa shape index (κ2) is 7.06. The summed E-state index contributed by atoms with van der Waals surface area (Å²) in [5, 5.41) is 0. The normalized spacial score (nSPS) is 24.9. The number of halogens is 1. The van der Waals surface area contributed by atoms with Crippen molar-refractivity contribution in [1.82, 2.24) is 4.90 Å². The van der Waals surface area contributed by atoms with Crippen LogP contribution in [0.15, 0.2) is 22.7 Å². The van der Waals surface area contributed by atoms with Crippen LogP contribution in [0.3, 0.4) is 0 Å². The summed E-state index contributed by atoms with van der Waals surface area (Å²) < 4.78 is 1.21. The van der Waals surface area contributed by atoms with E-state index in [1.807, 2.05) is 0 Å².